The van der Waals surface area contributed by atoms with Crippen LogP contribution in [0.5, 0.6) is 0 Å². The predicted octanol–water partition coefficient (Wildman–Crippen LogP) is 1.13. The Balaban J connectivity index is 2.85. The summed E-state index contributed by atoms with van der Waals surface area (Å²) in [4.78, 5) is 15.8. The Morgan fingerprint density at radius 2 is 1.80 bits per heavy atom. The van der Waals surface area contributed by atoms with Crippen LogP contribution < -0.4 is 26.2 Å². The van der Waals surface area contributed by atoms with E-state index in [0.29, 0.717) is 6.07 Å². The SMILES string of the molecule is CC(C)n1c(=O)[nH]sc1=Nc1c(N([O-])O)cc(N([O-])[O-])cc1N(O)O. The molecule has 2 aromatic rings. The van der Waals surface area contributed by atoms with Crippen LogP contribution in [0.15, 0.2) is 21.9 Å². The third-order valence-electron chi connectivity index (χ3n) is 3.07. The molecule has 0 spiro atoms. The Morgan fingerprint density at radius 1 is 1.20 bits per heavy atom. The van der Waals surface area contributed by atoms with Crippen LogP contribution in [-0.2, 0) is 0 Å². The van der Waals surface area contributed by atoms with Gasteiger partial charge in [-0.15, -0.1) is 5.23 Å². The molecule has 0 atom stereocenters. The minimum atomic E-state index is -0.896. The van der Waals surface area contributed by atoms with Crippen molar-refractivity contribution in [3.05, 3.63) is 43.0 Å². The van der Waals surface area contributed by atoms with Gasteiger partial charge in [0.1, 0.15) is 11.4 Å². The largest absolute Gasteiger partial charge is 0.769 e. The highest BCUT2D eigenvalue weighted by Gasteiger charge is 2.16. The molecular formula is C11H13N6O7S-3. The maximum atomic E-state index is 11.8. The van der Waals surface area contributed by atoms with E-state index >= 15 is 0 Å². The van der Waals surface area contributed by atoms with Crippen molar-refractivity contribution in [3.8, 4) is 0 Å². The quantitative estimate of drug-likeness (QED) is 0.552. The lowest BCUT2D eigenvalue weighted by Gasteiger charge is -2.39. The smallest absolute Gasteiger partial charge is 0.337 e. The van der Waals surface area contributed by atoms with Crippen molar-refractivity contribution >= 4 is 34.3 Å². The van der Waals surface area contributed by atoms with Gasteiger partial charge in [-0.05, 0) is 37.5 Å². The van der Waals surface area contributed by atoms with Crippen molar-refractivity contribution in [2.75, 3.05) is 15.7 Å². The zero-order valence-corrected chi connectivity index (χ0v) is 13.7. The number of nitrogens with zero attached hydrogens (tertiary/aromatic N) is 5. The van der Waals surface area contributed by atoms with E-state index < -0.39 is 44.1 Å². The number of anilines is 3. The molecule has 0 aliphatic rings. The van der Waals surface area contributed by atoms with Crippen molar-refractivity contribution in [2.45, 2.75) is 19.9 Å². The summed E-state index contributed by atoms with van der Waals surface area (Å²) >= 11 is 0.792. The number of rotatable bonds is 5. The third-order valence-corrected chi connectivity index (χ3v) is 3.81. The summed E-state index contributed by atoms with van der Waals surface area (Å²) in [6.07, 6.45) is 0. The van der Waals surface area contributed by atoms with Crippen LogP contribution in [0.3, 0.4) is 0 Å². The molecule has 0 radical (unpaired) electrons. The summed E-state index contributed by atoms with van der Waals surface area (Å²) in [6, 6.07) is 1.12. The Kier molecular flexibility index (Phi) is 5.43. The number of nitrogens with one attached hydrogen (secondary N) is 1. The van der Waals surface area contributed by atoms with E-state index in [1.165, 1.54) is 4.57 Å². The van der Waals surface area contributed by atoms with Crippen LogP contribution in [0.1, 0.15) is 19.9 Å². The molecule has 14 heteroatoms. The average molecular weight is 373 g/mol. The lowest BCUT2D eigenvalue weighted by atomic mass is 10.2. The van der Waals surface area contributed by atoms with Crippen molar-refractivity contribution in [1.82, 2.24) is 8.94 Å². The third kappa shape index (κ3) is 3.80. The fraction of sp³-hybridized carbons (Fsp3) is 0.273. The van der Waals surface area contributed by atoms with E-state index in [1.54, 1.807) is 13.8 Å². The normalized spacial score (nSPS) is 12.0. The zero-order chi connectivity index (χ0) is 18.9. The maximum Gasteiger partial charge on any atom is 0.337 e. The number of hydrogen-bond acceptors (Lipinski definition) is 12. The van der Waals surface area contributed by atoms with Crippen molar-refractivity contribution < 1.29 is 15.6 Å². The molecule has 13 nitrogen and oxygen atoms in total. The summed E-state index contributed by atoms with van der Waals surface area (Å²) < 4.78 is 3.63. The van der Waals surface area contributed by atoms with Gasteiger partial charge in [0, 0.05) is 11.7 Å². The van der Waals surface area contributed by atoms with Crippen molar-refractivity contribution in [3.63, 3.8) is 0 Å². The number of aromatic nitrogens is 2. The molecule has 0 saturated heterocycles. The van der Waals surface area contributed by atoms with E-state index in [1.807, 2.05) is 0 Å². The van der Waals surface area contributed by atoms with Gasteiger partial charge in [-0.3, -0.25) is 24.6 Å². The monoisotopic (exact) mass is 373 g/mol. The fourth-order valence-corrected chi connectivity index (χ4v) is 2.82. The Bertz CT molecular complexity index is 839. The Hall–Kier alpha value is -2.46. The van der Waals surface area contributed by atoms with E-state index in [9.17, 15) is 36.0 Å². The van der Waals surface area contributed by atoms with Crippen LogP contribution in [0.2, 0.25) is 0 Å². The number of hydrogen-bond donors (Lipinski definition) is 4. The van der Waals surface area contributed by atoms with E-state index in [4.69, 9.17) is 0 Å². The lowest BCUT2D eigenvalue weighted by Crippen LogP contribution is -2.28. The number of H-pyrrole nitrogens is 1. The van der Waals surface area contributed by atoms with Gasteiger partial charge in [-0.1, -0.05) is 0 Å². The molecule has 0 bridgehead atoms. The van der Waals surface area contributed by atoms with Crippen molar-refractivity contribution in [1.29, 1.82) is 0 Å². The maximum absolute atomic E-state index is 11.8. The molecule has 0 amide bonds. The summed E-state index contributed by atoms with van der Waals surface area (Å²) in [5.74, 6) is 0. The average Bonchev–Trinajstić information content (AvgIpc) is 2.87. The van der Waals surface area contributed by atoms with Gasteiger partial charge in [-0.2, -0.15) is 0 Å². The molecule has 138 valence electrons. The van der Waals surface area contributed by atoms with Gasteiger partial charge >= 0.3 is 5.69 Å². The lowest BCUT2D eigenvalue weighted by molar-refractivity contribution is 0.0295. The molecule has 1 heterocycles. The zero-order valence-electron chi connectivity index (χ0n) is 12.9. The second-order valence-corrected chi connectivity index (χ2v) is 5.79. The first-order valence-electron chi connectivity index (χ1n) is 6.64. The molecule has 2 rings (SSSR count). The van der Waals surface area contributed by atoms with Gasteiger partial charge in [0.15, 0.2) is 0 Å². The van der Waals surface area contributed by atoms with Gasteiger partial charge < -0.3 is 26.1 Å². The first kappa shape index (κ1) is 18.9. The first-order chi connectivity index (χ1) is 11.6. The van der Waals surface area contributed by atoms with E-state index in [0.717, 1.165) is 17.6 Å². The Morgan fingerprint density at radius 3 is 2.28 bits per heavy atom. The molecule has 0 unspecified atom stereocenters. The highest BCUT2D eigenvalue weighted by Crippen LogP contribution is 2.40. The molecule has 0 aliphatic heterocycles. The van der Waals surface area contributed by atoms with Crippen LogP contribution in [-0.4, -0.2) is 24.6 Å². The summed E-state index contributed by atoms with van der Waals surface area (Å²) in [5, 5.41) is 58.9. The van der Waals surface area contributed by atoms with Gasteiger partial charge in [0.05, 0.1) is 5.69 Å². The van der Waals surface area contributed by atoms with Crippen LogP contribution >= 0.6 is 11.5 Å². The summed E-state index contributed by atoms with van der Waals surface area (Å²) in [7, 11) is 0. The highest BCUT2D eigenvalue weighted by atomic mass is 32.1. The van der Waals surface area contributed by atoms with Gasteiger partial charge in [0.2, 0.25) is 4.80 Å². The molecule has 0 saturated carbocycles. The second kappa shape index (κ2) is 7.19. The summed E-state index contributed by atoms with van der Waals surface area (Å²) in [6.45, 7) is 3.38. The van der Waals surface area contributed by atoms with E-state index in [2.05, 4.69) is 9.37 Å². The number of aromatic amines is 1. The van der Waals surface area contributed by atoms with Gasteiger partial charge in [-0.25, -0.2) is 9.79 Å². The molecule has 1 aromatic heterocycles. The molecule has 0 fully saturated rings. The molecule has 0 aliphatic carbocycles. The van der Waals surface area contributed by atoms with Gasteiger partial charge in [0.25, 0.3) is 0 Å². The second-order valence-electron chi connectivity index (χ2n) is 5.02. The molecule has 4 N–H and O–H groups in total. The molecular weight excluding hydrogens is 360 g/mol. The Labute approximate surface area is 143 Å². The molecule has 1 aromatic carbocycles. The van der Waals surface area contributed by atoms with Crippen LogP contribution in [0.25, 0.3) is 0 Å². The summed E-state index contributed by atoms with van der Waals surface area (Å²) in [5.41, 5.74) is -3.02. The molecule has 25 heavy (non-hydrogen) atoms. The first-order valence-corrected chi connectivity index (χ1v) is 7.46. The minimum Gasteiger partial charge on any atom is -0.769 e. The topological polar surface area (TPSA) is 190 Å². The van der Waals surface area contributed by atoms with E-state index in [-0.39, 0.29) is 10.8 Å². The van der Waals surface area contributed by atoms with Crippen LogP contribution in [0.4, 0.5) is 22.7 Å². The number of benzene rings is 1. The van der Waals surface area contributed by atoms with Crippen LogP contribution in [0, 0.1) is 15.6 Å². The highest BCUT2D eigenvalue weighted by molar-refractivity contribution is 7.02. The van der Waals surface area contributed by atoms with Crippen molar-refractivity contribution in [2.24, 2.45) is 4.99 Å². The predicted molar refractivity (Wildman–Crippen MR) is 87.9 cm³/mol. The minimum absolute atomic E-state index is 0.0417. The fourth-order valence-electron chi connectivity index (χ4n) is 2.01. The standard InChI is InChI=1S/C11H13N6O7S/c1-5(2)14-10(18)13-25-11(14)12-9-7(16(21)22)3-6(15(19)20)4-8(9)17(23)24/h3-5,21-23H,1-2H3,(H,13,18)/q-3.